The zero-order valence-electron chi connectivity index (χ0n) is 18.2. The van der Waals surface area contributed by atoms with Gasteiger partial charge < -0.3 is 5.32 Å². The molecule has 0 aliphatic rings. The van der Waals surface area contributed by atoms with E-state index in [1.54, 1.807) is 6.07 Å². The molecule has 0 bridgehead atoms. The molecular formula is C23H18F5N5O. The van der Waals surface area contributed by atoms with Gasteiger partial charge in [-0.25, -0.2) is 22.0 Å². The number of amides is 1. The van der Waals surface area contributed by atoms with Gasteiger partial charge in [0, 0.05) is 5.56 Å². The van der Waals surface area contributed by atoms with Gasteiger partial charge in [-0.3, -0.25) is 14.6 Å². The quantitative estimate of drug-likeness (QED) is 0.237. The molecule has 0 radical (unpaired) electrons. The van der Waals surface area contributed by atoms with Crippen molar-refractivity contribution in [2.24, 2.45) is 0 Å². The van der Waals surface area contributed by atoms with Gasteiger partial charge >= 0.3 is 0 Å². The van der Waals surface area contributed by atoms with Gasteiger partial charge in [-0.05, 0) is 26.8 Å². The van der Waals surface area contributed by atoms with Crippen LogP contribution in [0.2, 0.25) is 0 Å². The minimum Gasteiger partial charge on any atom is -0.318 e. The Morgan fingerprint density at radius 2 is 1.53 bits per heavy atom. The predicted molar refractivity (Wildman–Crippen MR) is 114 cm³/mol. The topological polar surface area (TPSA) is 75.6 Å². The van der Waals surface area contributed by atoms with Crippen molar-refractivity contribution in [1.82, 2.24) is 20.0 Å². The van der Waals surface area contributed by atoms with E-state index in [0.29, 0.717) is 5.69 Å². The van der Waals surface area contributed by atoms with Crippen molar-refractivity contribution >= 4 is 11.6 Å². The van der Waals surface area contributed by atoms with E-state index in [-0.39, 0.29) is 22.8 Å². The van der Waals surface area contributed by atoms with Crippen LogP contribution in [0.25, 0.3) is 11.3 Å². The van der Waals surface area contributed by atoms with Gasteiger partial charge in [0.25, 0.3) is 5.91 Å². The van der Waals surface area contributed by atoms with Crippen molar-refractivity contribution in [1.29, 1.82) is 0 Å². The lowest BCUT2D eigenvalue weighted by atomic mass is 10.1. The number of H-pyrrole nitrogens is 1. The summed E-state index contributed by atoms with van der Waals surface area (Å²) >= 11 is 0. The van der Waals surface area contributed by atoms with Gasteiger partial charge in [-0.15, -0.1) is 0 Å². The van der Waals surface area contributed by atoms with E-state index in [2.05, 4.69) is 20.6 Å². The number of nitrogens with zero attached hydrogens (tertiary/aromatic N) is 3. The van der Waals surface area contributed by atoms with E-state index in [1.165, 1.54) is 13.8 Å². The molecule has 0 aliphatic carbocycles. The normalized spacial score (nSPS) is 11.2. The van der Waals surface area contributed by atoms with Crippen molar-refractivity contribution in [3.8, 4) is 11.3 Å². The minimum atomic E-state index is -2.23. The number of aromatic nitrogens is 4. The minimum absolute atomic E-state index is 0.155. The summed E-state index contributed by atoms with van der Waals surface area (Å²) in [6, 6.07) is 9.12. The number of carbonyl (C=O) groups excluding carboxylic acids is 1. The molecule has 4 aromatic rings. The fraction of sp³-hybridized carbons (Fsp3) is 0.174. The van der Waals surface area contributed by atoms with Crippen LogP contribution in [0.1, 0.15) is 33.0 Å². The number of halogens is 5. The van der Waals surface area contributed by atoms with E-state index in [9.17, 15) is 26.7 Å². The molecule has 4 rings (SSSR count). The monoisotopic (exact) mass is 475 g/mol. The average Bonchev–Trinajstić information content (AvgIpc) is 3.41. The highest BCUT2D eigenvalue weighted by molar-refractivity contribution is 6.04. The highest BCUT2D eigenvalue weighted by Gasteiger charge is 2.27. The molecule has 2 heterocycles. The number of carbonyl (C=O) groups is 1. The summed E-state index contributed by atoms with van der Waals surface area (Å²) in [4.78, 5) is 12.7. The Morgan fingerprint density at radius 3 is 2.15 bits per heavy atom. The Balaban J connectivity index is 1.58. The molecule has 2 aromatic carbocycles. The van der Waals surface area contributed by atoms with Crippen LogP contribution in [0, 0.1) is 49.9 Å². The number of aryl methyl sites for hydroxylation is 2. The molecule has 6 nitrogen and oxygen atoms in total. The molecular weight excluding hydrogens is 457 g/mol. The maximum absolute atomic E-state index is 14.1. The lowest BCUT2D eigenvalue weighted by Gasteiger charge is -2.10. The summed E-state index contributed by atoms with van der Waals surface area (Å²) in [6.07, 6.45) is 0. The smallest absolute Gasteiger partial charge is 0.273 e. The Kier molecular flexibility index (Phi) is 5.94. The summed E-state index contributed by atoms with van der Waals surface area (Å²) in [5.74, 6) is -10.7. The number of anilines is 1. The SMILES string of the molecule is Cc1ccc(-c2cc(C(=O)Nc3c(C)nn(Cc4c(F)c(F)c(F)c(F)c4F)c3C)[nH]n2)cc1. The first-order valence-electron chi connectivity index (χ1n) is 10.1. The predicted octanol–water partition coefficient (Wildman–Crippen LogP) is 5.19. The van der Waals surface area contributed by atoms with Gasteiger partial charge in [0.15, 0.2) is 23.3 Å². The summed E-state index contributed by atoms with van der Waals surface area (Å²) in [5.41, 5.74) is 2.34. The van der Waals surface area contributed by atoms with Crippen LogP contribution in [-0.4, -0.2) is 25.9 Å². The zero-order valence-corrected chi connectivity index (χ0v) is 18.2. The number of rotatable bonds is 5. The molecule has 2 aromatic heterocycles. The largest absolute Gasteiger partial charge is 0.318 e. The molecule has 0 atom stereocenters. The molecule has 0 saturated carbocycles. The van der Waals surface area contributed by atoms with Crippen molar-refractivity contribution in [3.63, 3.8) is 0 Å². The maximum atomic E-state index is 14.1. The van der Waals surface area contributed by atoms with E-state index >= 15 is 0 Å². The summed E-state index contributed by atoms with van der Waals surface area (Å²) < 4.78 is 69.6. The second-order valence-electron chi connectivity index (χ2n) is 7.74. The lowest BCUT2D eigenvalue weighted by Crippen LogP contribution is -2.15. The Hall–Kier alpha value is -4.02. The summed E-state index contributed by atoms with van der Waals surface area (Å²) in [7, 11) is 0. The van der Waals surface area contributed by atoms with Crippen LogP contribution in [0.15, 0.2) is 30.3 Å². The molecule has 0 fully saturated rings. The zero-order chi connectivity index (χ0) is 24.7. The van der Waals surface area contributed by atoms with Gasteiger partial charge in [-0.2, -0.15) is 10.2 Å². The molecule has 1 amide bonds. The molecule has 11 heteroatoms. The van der Waals surface area contributed by atoms with Crippen molar-refractivity contribution in [2.75, 3.05) is 5.32 Å². The number of hydrogen-bond acceptors (Lipinski definition) is 3. The van der Waals surface area contributed by atoms with Crippen LogP contribution in [0.3, 0.4) is 0 Å². The van der Waals surface area contributed by atoms with Crippen LogP contribution in [-0.2, 0) is 6.54 Å². The fourth-order valence-electron chi connectivity index (χ4n) is 3.46. The second kappa shape index (κ2) is 8.73. The van der Waals surface area contributed by atoms with E-state index in [1.807, 2.05) is 31.2 Å². The molecule has 0 aliphatic heterocycles. The summed E-state index contributed by atoms with van der Waals surface area (Å²) in [6.45, 7) is 4.24. The van der Waals surface area contributed by atoms with E-state index in [4.69, 9.17) is 0 Å². The third-order valence-electron chi connectivity index (χ3n) is 5.40. The lowest BCUT2D eigenvalue weighted by molar-refractivity contribution is 0.102. The van der Waals surface area contributed by atoms with Gasteiger partial charge in [0.05, 0.1) is 34.9 Å². The maximum Gasteiger partial charge on any atom is 0.273 e. The first-order valence-corrected chi connectivity index (χ1v) is 10.1. The Bertz CT molecular complexity index is 1380. The average molecular weight is 475 g/mol. The van der Waals surface area contributed by atoms with Crippen molar-refractivity contribution in [3.05, 3.63) is 87.6 Å². The third kappa shape index (κ3) is 4.04. The molecule has 0 unspecified atom stereocenters. The third-order valence-corrected chi connectivity index (χ3v) is 5.40. The molecule has 0 spiro atoms. The van der Waals surface area contributed by atoms with Crippen LogP contribution in [0.5, 0.6) is 0 Å². The van der Waals surface area contributed by atoms with Crippen molar-refractivity contribution in [2.45, 2.75) is 27.3 Å². The van der Waals surface area contributed by atoms with Gasteiger partial charge in [0.1, 0.15) is 5.69 Å². The second-order valence-corrected chi connectivity index (χ2v) is 7.74. The van der Waals surface area contributed by atoms with Gasteiger partial charge in [0.2, 0.25) is 5.82 Å². The number of benzene rings is 2. The highest BCUT2D eigenvalue weighted by Crippen LogP contribution is 2.27. The first kappa shape index (κ1) is 23.1. The molecule has 2 N–H and O–H groups in total. The molecule has 0 saturated heterocycles. The number of nitrogens with one attached hydrogen (secondary N) is 2. The fourth-order valence-corrected chi connectivity index (χ4v) is 3.46. The number of aromatic amines is 1. The first-order chi connectivity index (χ1) is 16.1. The van der Waals surface area contributed by atoms with Crippen molar-refractivity contribution < 1.29 is 26.7 Å². The molecule has 176 valence electrons. The van der Waals surface area contributed by atoms with Gasteiger partial charge in [-0.1, -0.05) is 29.8 Å². The standard InChI is InChI=1S/C23H18F5N5O/c1-10-4-6-13(7-5-10)15-8-16(31-30-15)23(34)29-22-11(2)32-33(12(22)3)9-14-17(24)19(26)21(28)20(27)18(14)25/h4-8H,9H2,1-3H3,(H,29,34)(H,30,31). The van der Waals surface area contributed by atoms with Crippen LogP contribution in [0.4, 0.5) is 27.6 Å². The number of hydrogen-bond donors (Lipinski definition) is 2. The molecule has 34 heavy (non-hydrogen) atoms. The van der Waals surface area contributed by atoms with Crippen LogP contribution >= 0.6 is 0 Å². The highest BCUT2D eigenvalue weighted by atomic mass is 19.2. The van der Waals surface area contributed by atoms with E-state index < -0.39 is 47.1 Å². The van der Waals surface area contributed by atoms with Crippen LogP contribution < -0.4 is 5.32 Å². The Labute approximate surface area is 190 Å². The Morgan fingerprint density at radius 1 is 0.941 bits per heavy atom. The van der Waals surface area contributed by atoms with E-state index in [0.717, 1.165) is 15.8 Å². The summed E-state index contributed by atoms with van der Waals surface area (Å²) in [5, 5.41) is 13.5.